The Morgan fingerprint density at radius 2 is 2.07 bits per heavy atom. The minimum absolute atomic E-state index is 0.128. The van der Waals surface area contributed by atoms with Crippen molar-refractivity contribution in [2.45, 2.75) is 57.2 Å². The van der Waals surface area contributed by atoms with Gasteiger partial charge in [0.15, 0.2) is 0 Å². The molecule has 4 rings (SSSR count). The maximum absolute atomic E-state index is 12.2. The van der Waals surface area contributed by atoms with Gasteiger partial charge in [-0.15, -0.1) is 0 Å². The van der Waals surface area contributed by atoms with Crippen LogP contribution in [0.15, 0.2) is 35.9 Å². The first kappa shape index (κ1) is 19.5. The molecule has 0 unspecified atom stereocenters. The van der Waals surface area contributed by atoms with Crippen LogP contribution in [-0.2, 0) is 16.1 Å². The van der Waals surface area contributed by atoms with Crippen LogP contribution in [0, 0.1) is 0 Å². The summed E-state index contributed by atoms with van der Waals surface area (Å²) in [5.74, 6) is 1.07. The number of rotatable bonds is 3. The molecule has 0 saturated heterocycles. The van der Waals surface area contributed by atoms with Crippen LogP contribution < -0.4 is 4.74 Å². The third-order valence-electron chi connectivity index (χ3n) is 6.51. The Kier molecular flexibility index (Phi) is 5.74. The van der Waals surface area contributed by atoms with E-state index in [0.717, 1.165) is 63.2 Å². The van der Waals surface area contributed by atoms with E-state index in [0.29, 0.717) is 19.1 Å². The van der Waals surface area contributed by atoms with Crippen LogP contribution in [0.1, 0.15) is 44.6 Å². The minimum atomic E-state index is -0.261. The number of para-hydroxylation sites is 1. The van der Waals surface area contributed by atoms with Crippen molar-refractivity contribution >= 4 is 5.91 Å². The third-order valence-corrected chi connectivity index (χ3v) is 6.51. The van der Waals surface area contributed by atoms with E-state index in [1.54, 1.807) is 6.92 Å². The smallest absolute Gasteiger partial charge is 0.219 e. The maximum Gasteiger partial charge on any atom is 0.219 e. The van der Waals surface area contributed by atoms with Crippen molar-refractivity contribution in [2.75, 3.05) is 33.4 Å². The zero-order chi connectivity index (χ0) is 19.6. The fourth-order valence-electron chi connectivity index (χ4n) is 4.83. The molecule has 0 aromatic heterocycles. The van der Waals surface area contributed by atoms with Crippen LogP contribution in [0.4, 0.5) is 0 Å². The Balaban J connectivity index is 1.44. The predicted octanol–water partition coefficient (Wildman–Crippen LogP) is 3.39. The maximum atomic E-state index is 12.2. The van der Waals surface area contributed by atoms with Gasteiger partial charge in [-0.2, -0.15) is 0 Å². The summed E-state index contributed by atoms with van der Waals surface area (Å²) >= 11 is 0. The summed E-state index contributed by atoms with van der Waals surface area (Å²) in [6.45, 7) is 5.61. The van der Waals surface area contributed by atoms with Crippen LogP contribution in [0.3, 0.4) is 0 Å². The number of hydrogen-bond acceptors (Lipinski definition) is 4. The highest BCUT2D eigenvalue weighted by atomic mass is 16.5. The number of ether oxygens (including phenoxy) is 2. The van der Waals surface area contributed by atoms with E-state index < -0.39 is 0 Å². The summed E-state index contributed by atoms with van der Waals surface area (Å²) in [5.41, 5.74) is 2.25. The van der Waals surface area contributed by atoms with Crippen LogP contribution in [0.2, 0.25) is 0 Å². The van der Waals surface area contributed by atoms with Gasteiger partial charge in [-0.3, -0.25) is 9.69 Å². The second-order valence-corrected chi connectivity index (χ2v) is 8.62. The first-order valence-electron chi connectivity index (χ1n) is 10.5. The summed E-state index contributed by atoms with van der Waals surface area (Å²) < 4.78 is 12.2. The van der Waals surface area contributed by atoms with Gasteiger partial charge in [-0.05, 0) is 50.8 Å². The van der Waals surface area contributed by atoms with E-state index in [1.165, 1.54) is 5.57 Å². The molecule has 0 N–H and O–H groups in total. The number of benzene rings is 1. The first-order valence-corrected chi connectivity index (χ1v) is 10.5. The monoisotopic (exact) mass is 384 g/mol. The molecule has 3 aliphatic rings. The van der Waals surface area contributed by atoms with Crippen molar-refractivity contribution < 1.29 is 14.3 Å². The van der Waals surface area contributed by atoms with Crippen molar-refractivity contribution in [2.24, 2.45) is 0 Å². The van der Waals surface area contributed by atoms with E-state index in [4.69, 9.17) is 9.47 Å². The molecule has 0 atom stereocenters. The molecule has 0 radical (unpaired) electrons. The van der Waals surface area contributed by atoms with Gasteiger partial charge in [-0.1, -0.05) is 24.3 Å². The van der Waals surface area contributed by atoms with Gasteiger partial charge in [0.1, 0.15) is 11.4 Å². The molecule has 2 heterocycles. The number of amides is 1. The summed E-state index contributed by atoms with van der Waals surface area (Å²) in [6, 6.07) is 8.72. The highest BCUT2D eigenvalue weighted by molar-refractivity contribution is 5.73. The normalized spacial score (nSPS) is 27.8. The fourth-order valence-corrected chi connectivity index (χ4v) is 4.83. The van der Waals surface area contributed by atoms with Crippen molar-refractivity contribution in [3.05, 3.63) is 41.5 Å². The standard InChI is InChI=1S/C23H32N2O3/c1-18(26)25-15-20-7-3-4-8-22(20)28-23(17-25)11-9-21(10-12-23)24(2)14-19-6-5-13-27-16-19/h3-4,6-8,21H,5,9-17H2,1-2H3. The van der Waals surface area contributed by atoms with E-state index in [9.17, 15) is 4.79 Å². The van der Waals surface area contributed by atoms with Gasteiger partial charge >= 0.3 is 0 Å². The first-order chi connectivity index (χ1) is 13.5. The number of nitrogens with zero attached hydrogens (tertiary/aromatic N) is 2. The Labute approximate surface area is 168 Å². The lowest BCUT2D eigenvalue weighted by atomic mass is 9.81. The molecule has 5 heteroatoms. The molecular weight excluding hydrogens is 352 g/mol. The third kappa shape index (κ3) is 4.26. The number of carbonyl (C=O) groups is 1. The van der Waals surface area contributed by atoms with Gasteiger partial charge in [-0.25, -0.2) is 0 Å². The van der Waals surface area contributed by atoms with Crippen LogP contribution >= 0.6 is 0 Å². The van der Waals surface area contributed by atoms with Crippen molar-refractivity contribution in [1.82, 2.24) is 9.80 Å². The molecule has 1 saturated carbocycles. The Hall–Kier alpha value is -1.85. The van der Waals surface area contributed by atoms with E-state index in [2.05, 4.69) is 30.2 Å². The number of hydrogen-bond donors (Lipinski definition) is 0. The fraction of sp³-hybridized carbons (Fsp3) is 0.609. The highest BCUT2D eigenvalue weighted by Gasteiger charge is 2.42. The molecule has 2 aliphatic heterocycles. The Morgan fingerprint density at radius 3 is 2.79 bits per heavy atom. The van der Waals surface area contributed by atoms with Crippen LogP contribution in [0.5, 0.6) is 5.75 Å². The molecule has 1 aliphatic carbocycles. The largest absolute Gasteiger partial charge is 0.485 e. The van der Waals surface area contributed by atoms with Crippen LogP contribution in [-0.4, -0.2) is 60.7 Å². The summed E-state index contributed by atoms with van der Waals surface area (Å²) in [7, 11) is 2.23. The van der Waals surface area contributed by atoms with Gasteiger partial charge in [0.05, 0.1) is 19.8 Å². The molecule has 1 amide bonds. The number of fused-ring (bicyclic) bond motifs is 1. The lowest BCUT2D eigenvalue weighted by molar-refractivity contribution is -0.132. The summed E-state index contributed by atoms with van der Waals surface area (Å²) in [4.78, 5) is 16.7. The molecule has 1 spiro atoms. The van der Waals surface area contributed by atoms with E-state index >= 15 is 0 Å². The molecule has 1 aromatic rings. The van der Waals surface area contributed by atoms with Crippen molar-refractivity contribution in [3.8, 4) is 5.75 Å². The highest BCUT2D eigenvalue weighted by Crippen LogP contribution is 2.39. The van der Waals surface area contributed by atoms with Gasteiger partial charge in [0, 0.05) is 31.6 Å². The molecular formula is C23H32N2O3. The molecule has 1 aromatic carbocycles. The zero-order valence-corrected chi connectivity index (χ0v) is 17.2. The van der Waals surface area contributed by atoms with Gasteiger partial charge in [0.25, 0.3) is 0 Å². The minimum Gasteiger partial charge on any atom is -0.485 e. The second-order valence-electron chi connectivity index (χ2n) is 8.62. The molecule has 152 valence electrons. The van der Waals surface area contributed by atoms with Crippen LogP contribution in [0.25, 0.3) is 0 Å². The molecule has 1 fully saturated rings. The molecule has 5 nitrogen and oxygen atoms in total. The lowest BCUT2D eigenvalue weighted by Crippen LogP contribution is -2.52. The topological polar surface area (TPSA) is 42.0 Å². The van der Waals surface area contributed by atoms with Crippen molar-refractivity contribution in [3.63, 3.8) is 0 Å². The summed E-state index contributed by atoms with van der Waals surface area (Å²) in [5, 5.41) is 0. The Bertz CT molecular complexity index is 737. The quantitative estimate of drug-likeness (QED) is 0.749. The zero-order valence-electron chi connectivity index (χ0n) is 17.2. The average molecular weight is 385 g/mol. The average Bonchev–Trinajstić information content (AvgIpc) is 2.86. The number of likely N-dealkylation sites (N-methyl/N-ethyl adjacent to an activating group) is 1. The lowest BCUT2D eigenvalue weighted by Gasteiger charge is -2.43. The second kappa shape index (κ2) is 8.26. The summed E-state index contributed by atoms with van der Waals surface area (Å²) in [6.07, 6.45) is 7.52. The number of carbonyl (C=O) groups excluding carboxylic acids is 1. The predicted molar refractivity (Wildman–Crippen MR) is 109 cm³/mol. The SMILES string of the molecule is CC(=O)N1Cc2ccccc2OC2(CCC(N(C)CC3=CCCOC3)CC2)C1. The van der Waals surface area contributed by atoms with Crippen molar-refractivity contribution in [1.29, 1.82) is 0 Å². The molecule has 0 bridgehead atoms. The molecule has 28 heavy (non-hydrogen) atoms. The van der Waals surface area contributed by atoms with Gasteiger partial charge in [0.2, 0.25) is 5.91 Å². The van der Waals surface area contributed by atoms with E-state index in [-0.39, 0.29) is 11.5 Å². The van der Waals surface area contributed by atoms with E-state index in [1.807, 2.05) is 17.0 Å². The van der Waals surface area contributed by atoms with Gasteiger partial charge < -0.3 is 14.4 Å². The Morgan fingerprint density at radius 1 is 1.29 bits per heavy atom.